The Kier molecular flexibility index (Phi) is 5.59. The Balaban J connectivity index is 1.83. The lowest BCUT2D eigenvalue weighted by Gasteiger charge is -2.05. The monoisotopic (exact) mass is 394 g/mol. The van der Waals surface area contributed by atoms with Crippen molar-refractivity contribution in [1.82, 2.24) is 0 Å². The van der Waals surface area contributed by atoms with Gasteiger partial charge in [-0.15, -0.1) is 11.6 Å². The van der Waals surface area contributed by atoms with E-state index in [1.807, 2.05) is 0 Å². The Bertz CT molecular complexity index is 888. The molecule has 3 rings (SSSR count). The normalized spacial score (nSPS) is 14.3. The lowest BCUT2D eigenvalue weighted by Crippen LogP contribution is -2.07. The summed E-state index contributed by atoms with van der Waals surface area (Å²) in [6, 6.07) is 8.65. The van der Waals surface area contributed by atoms with Crippen LogP contribution in [0.5, 0.6) is 11.5 Å². The summed E-state index contributed by atoms with van der Waals surface area (Å²) in [5.41, 5.74) is 0.363. The largest absolute Gasteiger partial charge is 0.452 e. The number of fused-ring (bicyclic) bond motifs is 1. The lowest BCUT2D eigenvalue weighted by atomic mass is 10.1. The van der Waals surface area contributed by atoms with E-state index in [-0.39, 0.29) is 34.3 Å². The summed E-state index contributed by atoms with van der Waals surface area (Å²) in [5.74, 6) is -0.603. The van der Waals surface area contributed by atoms with Crippen LogP contribution in [-0.4, -0.2) is 17.6 Å². The second-order valence-corrected chi connectivity index (χ2v) is 6.28. The molecule has 7 heteroatoms. The van der Waals surface area contributed by atoms with Crippen molar-refractivity contribution in [2.24, 2.45) is 0 Å². The van der Waals surface area contributed by atoms with E-state index in [0.29, 0.717) is 17.9 Å². The molecule has 1 aliphatic rings. The van der Waals surface area contributed by atoms with Gasteiger partial charge in [-0.3, -0.25) is 9.59 Å². The highest BCUT2D eigenvalue weighted by molar-refractivity contribution is 6.32. The van der Waals surface area contributed by atoms with Gasteiger partial charge in [-0.25, -0.2) is 4.39 Å². The first-order valence-electron chi connectivity index (χ1n) is 7.78. The zero-order valence-corrected chi connectivity index (χ0v) is 14.9. The first kappa shape index (κ1) is 18.4. The van der Waals surface area contributed by atoms with E-state index in [1.165, 1.54) is 42.5 Å². The Morgan fingerprint density at radius 1 is 1.27 bits per heavy atom. The molecule has 0 atom stereocenters. The minimum absolute atomic E-state index is 0.0578. The van der Waals surface area contributed by atoms with Gasteiger partial charge < -0.3 is 9.47 Å². The Morgan fingerprint density at radius 3 is 2.81 bits per heavy atom. The lowest BCUT2D eigenvalue weighted by molar-refractivity contribution is -0.134. The summed E-state index contributed by atoms with van der Waals surface area (Å²) in [6.45, 7) is 0. The molecule has 0 aliphatic carbocycles. The fourth-order valence-electron chi connectivity index (χ4n) is 2.40. The number of allylic oxidation sites excluding steroid dienone is 1. The van der Waals surface area contributed by atoms with Crippen molar-refractivity contribution in [3.8, 4) is 11.5 Å². The molecule has 0 amide bonds. The SMILES string of the molecule is O=C(CCCCl)Oc1ccc2c(c1)OC(=Cc1c(F)cccc1Cl)C2=O. The Labute approximate surface area is 159 Å². The minimum Gasteiger partial charge on any atom is -0.452 e. The zero-order valence-electron chi connectivity index (χ0n) is 13.4. The summed E-state index contributed by atoms with van der Waals surface area (Å²) in [7, 11) is 0. The van der Waals surface area contributed by atoms with Crippen LogP contribution in [0.15, 0.2) is 42.2 Å². The average molecular weight is 395 g/mol. The number of carbonyl (C=O) groups excluding carboxylic acids is 2. The molecule has 0 radical (unpaired) electrons. The number of ketones is 1. The van der Waals surface area contributed by atoms with E-state index in [9.17, 15) is 14.0 Å². The summed E-state index contributed by atoms with van der Waals surface area (Å²) < 4.78 is 24.6. The molecule has 0 bridgehead atoms. The van der Waals surface area contributed by atoms with Gasteiger partial charge in [-0.1, -0.05) is 17.7 Å². The molecule has 0 aromatic heterocycles. The molecule has 2 aromatic carbocycles. The van der Waals surface area contributed by atoms with Crippen molar-refractivity contribution in [1.29, 1.82) is 0 Å². The zero-order chi connectivity index (χ0) is 18.7. The highest BCUT2D eigenvalue weighted by Crippen LogP contribution is 2.35. The first-order valence-corrected chi connectivity index (χ1v) is 8.70. The van der Waals surface area contributed by atoms with Crippen molar-refractivity contribution in [3.63, 3.8) is 0 Å². The van der Waals surface area contributed by atoms with Crippen molar-refractivity contribution in [3.05, 3.63) is 64.1 Å². The average Bonchev–Trinajstić information content (AvgIpc) is 2.92. The smallest absolute Gasteiger partial charge is 0.311 e. The van der Waals surface area contributed by atoms with E-state index < -0.39 is 17.6 Å². The van der Waals surface area contributed by atoms with Crippen molar-refractivity contribution in [2.45, 2.75) is 12.8 Å². The van der Waals surface area contributed by atoms with Crippen LogP contribution in [0.25, 0.3) is 6.08 Å². The number of halogens is 3. The third-order valence-electron chi connectivity index (χ3n) is 3.66. The van der Waals surface area contributed by atoms with Crippen molar-refractivity contribution in [2.75, 3.05) is 5.88 Å². The molecule has 0 N–H and O–H groups in total. The fourth-order valence-corrected chi connectivity index (χ4v) is 2.76. The second-order valence-electron chi connectivity index (χ2n) is 5.50. The first-order chi connectivity index (χ1) is 12.5. The third kappa shape index (κ3) is 3.89. The number of hydrogen-bond acceptors (Lipinski definition) is 4. The predicted molar refractivity (Wildman–Crippen MR) is 96.4 cm³/mol. The van der Waals surface area contributed by atoms with Crippen LogP contribution in [0, 0.1) is 5.82 Å². The molecule has 0 fully saturated rings. The maximum Gasteiger partial charge on any atom is 0.311 e. The quantitative estimate of drug-likeness (QED) is 0.309. The summed E-state index contributed by atoms with van der Waals surface area (Å²) in [6.07, 6.45) is 1.96. The highest BCUT2D eigenvalue weighted by Gasteiger charge is 2.28. The van der Waals surface area contributed by atoms with E-state index >= 15 is 0 Å². The minimum atomic E-state index is -0.564. The Hall–Kier alpha value is -2.37. The van der Waals surface area contributed by atoms with Crippen LogP contribution in [0.2, 0.25) is 5.02 Å². The van der Waals surface area contributed by atoms with Crippen LogP contribution in [0.4, 0.5) is 4.39 Å². The molecule has 2 aromatic rings. The van der Waals surface area contributed by atoms with E-state index in [0.717, 1.165) is 0 Å². The second kappa shape index (κ2) is 7.89. The maximum absolute atomic E-state index is 13.9. The molecule has 0 spiro atoms. The maximum atomic E-state index is 13.9. The number of benzene rings is 2. The topological polar surface area (TPSA) is 52.6 Å². The molecule has 0 unspecified atom stereocenters. The molecular weight excluding hydrogens is 382 g/mol. The van der Waals surface area contributed by atoms with Crippen LogP contribution in [0.1, 0.15) is 28.8 Å². The third-order valence-corrected chi connectivity index (χ3v) is 4.26. The van der Waals surface area contributed by atoms with E-state index in [1.54, 1.807) is 0 Å². The number of hydrogen-bond donors (Lipinski definition) is 0. The van der Waals surface area contributed by atoms with Crippen molar-refractivity contribution < 1.29 is 23.5 Å². The molecule has 0 saturated heterocycles. The number of carbonyl (C=O) groups is 2. The van der Waals surface area contributed by atoms with Gasteiger partial charge in [0.25, 0.3) is 0 Å². The molecule has 1 heterocycles. The Morgan fingerprint density at radius 2 is 2.08 bits per heavy atom. The highest BCUT2D eigenvalue weighted by atomic mass is 35.5. The van der Waals surface area contributed by atoms with Crippen LogP contribution in [0.3, 0.4) is 0 Å². The van der Waals surface area contributed by atoms with Gasteiger partial charge >= 0.3 is 5.97 Å². The molecule has 26 heavy (non-hydrogen) atoms. The van der Waals surface area contributed by atoms with Gasteiger partial charge in [0.1, 0.15) is 17.3 Å². The molecule has 134 valence electrons. The fraction of sp³-hybridized carbons (Fsp3) is 0.158. The van der Waals surface area contributed by atoms with Gasteiger partial charge in [0.2, 0.25) is 5.78 Å². The number of ether oxygens (including phenoxy) is 2. The van der Waals surface area contributed by atoms with Gasteiger partial charge in [-0.2, -0.15) is 0 Å². The summed E-state index contributed by atoms with van der Waals surface area (Å²) in [5, 5.41) is 0.166. The van der Waals surface area contributed by atoms with Gasteiger partial charge in [0.15, 0.2) is 5.76 Å². The van der Waals surface area contributed by atoms with Crippen LogP contribution < -0.4 is 9.47 Å². The molecule has 0 saturated carbocycles. The van der Waals surface area contributed by atoms with Crippen LogP contribution in [-0.2, 0) is 4.79 Å². The molecule has 4 nitrogen and oxygen atoms in total. The number of alkyl halides is 1. The number of esters is 1. The van der Waals surface area contributed by atoms with Gasteiger partial charge in [0, 0.05) is 23.9 Å². The standard InChI is InChI=1S/C19H13Cl2FO4/c20-8-2-5-18(23)25-11-6-7-12-16(9-11)26-17(19(12)24)10-13-14(21)3-1-4-15(13)22/h1,3-4,6-7,9-10H,2,5,8H2. The summed E-state index contributed by atoms with van der Waals surface area (Å²) >= 11 is 11.5. The predicted octanol–water partition coefficient (Wildman–Crippen LogP) is 5.02. The van der Waals surface area contributed by atoms with E-state index in [2.05, 4.69) is 0 Å². The molecular formula is C19H13Cl2FO4. The van der Waals surface area contributed by atoms with Crippen LogP contribution >= 0.6 is 23.2 Å². The van der Waals surface area contributed by atoms with E-state index in [4.69, 9.17) is 32.7 Å². The van der Waals surface area contributed by atoms with Gasteiger partial charge in [0.05, 0.1) is 10.6 Å². The summed E-state index contributed by atoms with van der Waals surface area (Å²) in [4.78, 5) is 24.1. The number of rotatable bonds is 5. The molecule has 1 aliphatic heterocycles. The van der Waals surface area contributed by atoms with Gasteiger partial charge in [-0.05, 0) is 36.8 Å². The number of Topliss-reactive ketones (excluding diaryl/α,β-unsaturated/α-hetero) is 1. The van der Waals surface area contributed by atoms with Crippen molar-refractivity contribution >= 4 is 41.0 Å².